The third-order valence-electron chi connectivity index (χ3n) is 9.49. The molecule has 2 heterocycles. The minimum atomic E-state index is -0.541. The van der Waals surface area contributed by atoms with Crippen molar-refractivity contribution in [3.8, 4) is 5.75 Å². The molecular weight excluding hydrogens is 682 g/mol. The molecule has 0 saturated carbocycles. The van der Waals surface area contributed by atoms with Crippen LogP contribution in [0.5, 0.6) is 5.75 Å². The van der Waals surface area contributed by atoms with Crippen LogP contribution < -0.4 is 9.64 Å². The Morgan fingerprint density at radius 1 is 0.898 bits per heavy atom. The number of rotatable bonds is 9. The van der Waals surface area contributed by atoms with Crippen LogP contribution in [-0.2, 0) is 4.74 Å². The molecule has 0 aromatic heterocycles. The standard InChI is InChI=1S/C40H36BrN3O5/c1-5-43(6-2)24-17-18-28-34(23-24)49-37-29(14-10-16-33(37)42(3)4)35(28)25-11-7-8-12-26(25)40(47)48-22-21-44-38(45)30-15-9-13-27-32(41)20-19-31(36(27)30)39(44)46/h7-20,23-24H,5-6,21-22H2,1-4H3/p+1. The molecule has 1 aliphatic carbocycles. The van der Waals surface area contributed by atoms with Crippen molar-refractivity contribution in [1.82, 2.24) is 9.80 Å². The number of imide groups is 1. The lowest BCUT2D eigenvalue weighted by atomic mass is 9.84. The lowest BCUT2D eigenvalue weighted by Gasteiger charge is -2.32. The minimum Gasteiger partial charge on any atom is -0.460 e. The van der Waals surface area contributed by atoms with Crippen LogP contribution in [0.2, 0.25) is 0 Å². The summed E-state index contributed by atoms with van der Waals surface area (Å²) in [6.45, 7) is 5.87. The van der Waals surface area contributed by atoms with E-state index in [0.717, 1.165) is 66.7 Å². The Hall–Kier alpha value is -4.83. The highest BCUT2D eigenvalue weighted by Crippen LogP contribution is 2.46. The van der Waals surface area contributed by atoms with Crippen molar-refractivity contribution >= 4 is 55.7 Å². The zero-order chi connectivity index (χ0) is 34.4. The Morgan fingerprint density at radius 2 is 1.59 bits per heavy atom. The van der Waals surface area contributed by atoms with Crippen molar-refractivity contribution in [2.24, 2.45) is 0 Å². The van der Waals surface area contributed by atoms with Crippen molar-refractivity contribution in [2.45, 2.75) is 19.9 Å². The Bertz CT molecular complexity index is 2110. The van der Waals surface area contributed by atoms with Crippen LogP contribution in [0.1, 0.15) is 56.0 Å². The first-order valence-corrected chi connectivity index (χ1v) is 17.4. The number of likely N-dealkylation sites (N-methyl/N-ethyl adjacent to an activating group) is 1. The Kier molecular flexibility index (Phi) is 8.83. The fourth-order valence-corrected chi connectivity index (χ4v) is 7.49. The topological polar surface area (TPSA) is 80.6 Å². The van der Waals surface area contributed by atoms with E-state index in [-0.39, 0.29) is 19.2 Å². The van der Waals surface area contributed by atoms with E-state index >= 15 is 0 Å². The van der Waals surface area contributed by atoms with Gasteiger partial charge in [0.15, 0.2) is 11.4 Å². The summed E-state index contributed by atoms with van der Waals surface area (Å²) in [5.41, 5.74) is 5.67. The second-order valence-corrected chi connectivity index (χ2v) is 13.3. The number of para-hydroxylation sites is 1. The van der Waals surface area contributed by atoms with Gasteiger partial charge in [-0.2, -0.15) is 0 Å². The highest BCUT2D eigenvalue weighted by molar-refractivity contribution is 9.10. The minimum absolute atomic E-state index is 0.0700. The molecule has 2 aliphatic heterocycles. The lowest BCUT2D eigenvalue weighted by molar-refractivity contribution is -0.786. The summed E-state index contributed by atoms with van der Waals surface area (Å²) < 4.78 is 13.3. The molecule has 0 radical (unpaired) electrons. The van der Waals surface area contributed by atoms with Crippen LogP contribution in [0.3, 0.4) is 0 Å². The quantitative estimate of drug-likeness (QED) is 0.164. The average molecular weight is 720 g/mol. The number of ether oxygens (including phenoxy) is 2. The van der Waals surface area contributed by atoms with Crippen LogP contribution in [0.4, 0.5) is 5.69 Å². The van der Waals surface area contributed by atoms with Gasteiger partial charge < -0.3 is 14.4 Å². The Morgan fingerprint density at radius 3 is 2.35 bits per heavy atom. The number of nitrogens with zero attached hydrogens (tertiary/aromatic N) is 2. The number of carbonyl (C=O) groups is 3. The number of esters is 1. The van der Waals surface area contributed by atoms with E-state index in [1.54, 1.807) is 24.3 Å². The molecule has 49 heavy (non-hydrogen) atoms. The van der Waals surface area contributed by atoms with Gasteiger partial charge in [-0.05, 0) is 54.4 Å². The summed E-state index contributed by atoms with van der Waals surface area (Å²) in [7, 11) is 4.12. The average Bonchev–Trinajstić information content (AvgIpc) is 3.11. The van der Waals surface area contributed by atoms with Gasteiger partial charge in [0.05, 0.1) is 32.2 Å². The van der Waals surface area contributed by atoms with Gasteiger partial charge in [0, 0.05) is 43.8 Å². The van der Waals surface area contributed by atoms with Crippen molar-refractivity contribution in [2.75, 3.05) is 40.3 Å². The second-order valence-electron chi connectivity index (χ2n) is 12.4. The number of hydrogen-bond donors (Lipinski definition) is 1. The largest absolute Gasteiger partial charge is 0.460 e. The second kappa shape index (κ2) is 13.2. The maximum absolute atomic E-state index is 13.9. The fraction of sp³-hybridized carbons (Fsp3) is 0.225. The molecule has 248 valence electrons. The van der Waals surface area contributed by atoms with E-state index in [9.17, 15) is 14.4 Å². The van der Waals surface area contributed by atoms with E-state index in [2.05, 4.69) is 73.1 Å². The van der Waals surface area contributed by atoms with E-state index in [4.69, 9.17) is 9.47 Å². The van der Waals surface area contributed by atoms with Gasteiger partial charge in [0.2, 0.25) is 0 Å². The van der Waals surface area contributed by atoms with E-state index in [1.165, 1.54) is 0 Å². The van der Waals surface area contributed by atoms with Gasteiger partial charge in [-0.1, -0.05) is 84.4 Å². The summed E-state index contributed by atoms with van der Waals surface area (Å²) in [6, 6.07) is 22.5. The van der Waals surface area contributed by atoms with Gasteiger partial charge in [-0.3, -0.25) is 19.4 Å². The normalized spacial score (nSPS) is 16.6. The lowest BCUT2D eigenvalue weighted by Crippen LogP contribution is -3.00. The SMILES string of the molecule is CCN(CC)C1C=CC2=C(c3ccccc3C(=O)OCCN3C(=O)c4cccc5c(Br)ccc(c45)C3=O)c3cccc([NH+](C)C)c3OC2=C1. The van der Waals surface area contributed by atoms with Crippen molar-refractivity contribution < 1.29 is 28.8 Å². The summed E-state index contributed by atoms with van der Waals surface area (Å²) in [4.78, 5) is 45.4. The van der Waals surface area contributed by atoms with E-state index < -0.39 is 17.8 Å². The van der Waals surface area contributed by atoms with E-state index in [1.807, 2.05) is 42.5 Å². The highest BCUT2D eigenvalue weighted by atomic mass is 79.9. The third-order valence-corrected chi connectivity index (χ3v) is 10.2. The van der Waals surface area contributed by atoms with Gasteiger partial charge in [0.1, 0.15) is 12.4 Å². The number of halogens is 1. The van der Waals surface area contributed by atoms with Crippen LogP contribution >= 0.6 is 15.9 Å². The predicted molar refractivity (Wildman–Crippen MR) is 193 cm³/mol. The smallest absolute Gasteiger partial charge is 0.338 e. The fourth-order valence-electron chi connectivity index (χ4n) is 7.03. The summed E-state index contributed by atoms with van der Waals surface area (Å²) in [5, 5.41) is 1.44. The Balaban J connectivity index is 1.20. The number of nitrogens with one attached hydrogen (secondary N) is 1. The monoisotopic (exact) mass is 718 g/mol. The molecule has 0 saturated heterocycles. The van der Waals surface area contributed by atoms with Crippen LogP contribution in [0.15, 0.2) is 107 Å². The molecule has 2 amide bonds. The molecule has 4 aromatic rings. The molecule has 4 aromatic carbocycles. The summed E-state index contributed by atoms with van der Waals surface area (Å²) >= 11 is 3.53. The van der Waals surface area contributed by atoms with Gasteiger partial charge in [0.25, 0.3) is 11.8 Å². The van der Waals surface area contributed by atoms with Crippen molar-refractivity contribution in [3.05, 3.63) is 135 Å². The van der Waals surface area contributed by atoms with Gasteiger partial charge >= 0.3 is 5.97 Å². The number of fused-ring (bicyclic) bond motifs is 2. The van der Waals surface area contributed by atoms with Crippen LogP contribution in [0.25, 0.3) is 16.3 Å². The number of hydrogen-bond acceptors (Lipinski definition) is 6. The summed E-state index contributed by atoms with van der Waals surface area (Å²) in [5.74, 6) is 0.153. The van der Waals surface area contributed by atoms with Crippen LogP contribution in [-0.4, -0.2) is 74.0 Å². The predicted octanol–water partition coefficient (Wildman–Crippen LogP) is 6.19. The number of allylic oxidation sites excluding steroid dienone is 1. The first kappa shape index (κ1) is 32.7. The first-order valence-electron chi connectivity index (χ1n) is 16.6. The molecule has 1 N–H and O–H groups in total. The van der Waals surface area contributed by atoms with Crippen molar-refractivity contribution in [3.63, 3.8) is 0 Å². The zero-order valence-electron chi connectivity index (χ0n) is 27.9. The van der Waals surface area contributed by atoms with Gasteiger partial charge in [-0.25, -0.2) is 4.79 Å². The van der Waals surface area contributed by atoms with E-state index in [0.29, 0.717) is 27.6 Å². The maximum atomic E-state index is 13.9. The molecule has 0 bridgehead atoms. The molecule has 9 heteroatoms. The third kappa shape index (κ3) is 5.61. The molecule has 7 rings (SSSR count). The maximum Gasteiger partial charge on any atom is 0.338 e. The van der Waals surface area contributed by atoms with Crippen molar-refractivity contribution in [1.29, 1.82) is 0 Å². The number of carbonyl (C=O) groups excluding carboxylic acids is 3. The number of benzene rings is 4. The highest BCUT2D eigenvalue weighted by Gasteiger charge is 2.35. The van der Waals surface area contributed by atoms with Gasteiger partial charge in [-0.15, -0.1) is 0 Å². The first-order chi connectivity index (χ1) is 23.7. The zero-order valence-corrected chi connectivity index (χ0v) is 29.5. The van der Waals surface area contributed by atoms with Crippen LogP contribution in [0, 0.1) is 0 Å². The molecule has 3 aliphatic rings. The number of quaternary nitrogens is 1. The molecule has 1 unspecified atom stereocenters. The molecule has 8 nitrogen and oxygen atoms in total. The summed E-state index contributed by atoms with van der Waals surface area (Å²) in [6.07, 6.45) is 6.42. The Labute approximate surface area is 294 Å². The molecule has 1 atom stereocenters. The molecular formula is C40H37BrN3O5+. The molecule has 0 spiro atoms. The molecule has 0 fully saturated rings. The number of amides is 2.